The molecule has 1 aliphatic heterocycles. The third-order valence-electron chi connectivity index (χ3n) is 3.76. The fourth-order valence-corrected chi connectivity index (χ4v) is 2.64. The SMILES string of the molecule is CC1CCN(c2ccc([C@@H](C)N)cc2Cl)CC1O. The van der Waals surface area contributed by atoms with E-state index in [1.807, 2.05) is 25.1 Å². The van der Waals surface area contributed by atoms with E-state index in [0.29, 0.717) is 17.5 Å². The summed E-state index contributed by atoms with van der Waals surface area (Å²) in [5.41, 5.74) is 7.87. The molecule has 1 saturated heterocycles. The summed E-state index contributed by atoms with van der Waals surface area (Å²) in [6.07, 6.45) is 0.718. The topological polar surface area (TPSA) is 49.5 Å². The molecule has 0 saturated carbocycles. The third kappa shape index (κ3) is 2.79. The molecule has 0 amide bonds. The normalized spacial score (nSPS) is 26.2. The van der Waals surface area contributed by atoms with Crippen molar-refractivity contribution >= 4 is 17.3 Å². The van der Waals surface area contributed by atoms with E-state index in [1.165, 1.54) is 0 Å². The monoisotopic (exact) mass is 268 g/mol. The lowest BCUT2D eigenvalue weighted by Gasteiger charge is -2.36. The highest BCUT2D eigenvalue weighted by Gasteiger charge is 2.25. The number of nitrogens with two attached hydrogens (primary N) is 1. The molecule has 1 aromatic carbocycles. The molecule has 1 aromatic rings. The van der Waals surface area contributed by atoms with Crippen molar-refractivity contribution in [3.05, 3.63) is 28.8 Å². The van der Waals surface area contributed by atoms with Crippen LogP contribution in [0.5, 0.6) is 0 Å². The van der Waals surface area contributed by atoms with Gasteiger partial charge < -0.3 is 15.7 Å². The van der Waals surface area contributed by atoms with Crippen molar-refractivity contribution in [2.24, 2.45) is 11.7 Å². The highest BCUT2D eigenvalue weighted by molar-refractivity contribution is 6.33. The van der Waals surface area contributed by atoms with Crippen molar-refractivity contribution in [3.63, 3.8) is 0 Å². The number of halogens is 1. The van der Waals surface area contributed by atoms with Gasteiger partial charge in [-0.25, -0.2) is 0 Å². The van der Waals surface area contributed by atoms with Crippen LogP contribution in [0.4, 0.5) is 5.69 Å². The van der Waals surface area contributed by atoms with E-state index in [1.54, 1.807) is 0 Å². The van der Waals surface area contributed by atoms with Crippen LogP contribution in [0.2, 0.25) is 5.02 Å². The predicted molar refractivity (Wildman–Crippen MR) is 76.1 cm³/mol. The van der Waals surface area contributed by atoms with E-state index in [4.69, 9.17) is 17.3 Å². The Morgan fingerprint density at radius 2 is 2.22 bits per heavy atom. The Bertz CT molecular complexity index is 422. The molecule has 100 valence electrons. The first-order chi connectivity index (χ1) is 8.49. The molecule has 3 atom stereocenters. The number of hydrogen-bond acceptors (Lipinski definition) is 3. The van der Waals surface area contributed by atoms with Gasteiger partial charge in [-0.3, -0.25) is 0 Å². The molecule has 1 aliphatic rings. The van der Waals surface area contributed by atoms with Crippen LogP contribution in [0.3, 0.4) is 0 Å². The van der Waals surface area contributed by atoms with Crippen LogP contribution >= 0.6 is 11.6 Å². The number of piperidine rings is 1. The van der Waals surface area contributed by atoms with Crippen LogP contribution in [-0.4, -0.2) is 24.3 Å². The van der Waals surface area contributed by atoms with Gasteiger partial charge in [-0.2, -0.15) is 0 Å². The smallest absolute Gasteiger partial charge is 0.0741 e. The molecule has 3 nitrogen and oxygen atoms in total. The van der Waals surface area contributed by atoms with Crippen LogP contribution in [-0.2, 0) is 0 Å². The van der Waals surface area contributed by atoms with Crippen LogP contribution in [0.1, 0.15) is 31.9 Å². The Morgan fingerprint density at radius 1 is 1.50 bits per heavy atom. The van der Waals surface area contributed by atoms with E-state index in [2.05, 4.69) is 11.8 Å². The van der Waals surface area contributed by atoms with Crippen LogP contribution in [0.15, 0.2) is 18.2 Å². The Morgan fingerprint density at radius 3 is 2.78 bits per heavy atom. The summed E-state index contributed by atoms with van der Waals surface area (Å²) in [6, 6.07) is 5.93. The summed E-state index contributed by atoms with van der Waals surface area (Å²) in [4.78, 5) is 2.15. The lowest BCUT2D eigenvalue weighted by atomic mass is 9.95. The first kappa shape index (κ1) is 13.7. The molecule has 1 fully saturated rings. The maximum atomic E-state index is 9.94. The molecule has 0 radical (unpaired) electrons. The molecule has 2 unspecified atom stereocenters. The molecule has 0 aromatic heterocycles. The summed E-state index contributed by atoms with van der Waals surface area (Å²) in [7, 11) is 0. The molecule has 0 aliphatic carbocycles. The van der Waals surface area contributed by atoms with E-state index < -0.39 is 0 Å². The second-order valence-corrected chi connectivity index (χ2v) is 5.69. The lowest BCUT2D eigenvalue weighted by Crippen LogP contribution is -2.43. The van der Waals surface area contributed by atoms with Crippen molar-refractivity contribution in [3.8, 4) is 0 Å². The van der Waals surface area contributed by atoms with Gasteiger partial charge in [-0.1, -0.05) is 24.6 Å². The van der Waals surface area contributed by atoms with E-state index >= 15 is 0 Å². The second-order valence-electron chi connectivity index (χ2n) is 5.28. The van der Waals surface area contributed by atoms with Gasteiger partial charge in [0, 0.05) is 19.1 Å². The van der Waals surface area contributed by atoms with Gasteiger partial charge in [-0.15, -0.1) is 0 Å². The fraction of sp³-hybridized carbons (Fsp3) is 0.571. The average Bonchev–Trinajstić information content (AvgIpc) is 2.32. The highest BCUT2D eigenvalue weighted by Crippen LogP contribution is 2.31. The van der Waals surface area contributed by atoms with Gasteiger partial charge in [0.2, 0.25) is 0 Å². The largest absolute Gasteiger partial charge is 0.391 e. The Labute approximate surface area is 114 Å². The summed E-state index contributed by atoms with van der Waals surface area (Å²) in [5, 5.41) is 10.7. The standard InChI is InChI=1S/C14H21ClN2O/c1-9-5-6-17(8-14(9)18)13-4-3-11(10(2)16)7-12(13)15/h3-4,7,9-10,14,18H,5-6,8,16H2,1-2H3/t9?,10-,14?/m1/s1. The average molecular weight is 269 g/mol. The summed E-state index contributed by atoms with van der Waals surface area (Å²) in [5.74, 6) is 0.364. The summed E-state index contributed by atoms with van der Waals surface area (Å²) in [6.45, 7) is 5.62. The number of rotatable bonds is 2. The number of aliphatic hydroxyl groups is 1. The number of hydrogen-bond donors (Lipinski definition) is 2. The summed E-state index contributed by atoms with van der Waals surface area (Å²) >= 11 is 6.31. The molecule has 2 rings (SSSR count). The zero-order valence-electron chi connectivity index (χ0n) is 10.9. The molecule has 1 heterocycles. The first-order valence-electron chi connectivity index (χ1n) is 6.47. The third-order valence-corrected chi connectivity index (χ3v) is 4.06. The zero-order chi connectivity index (χ0) is 13.3. The minimum absolute atomic E-state index is 0.0106. The maximum Gasteiger partial charge on any atom is 0.0741 e. The van der Waals surface area contributed by atoms with Crippen molar-refractivity contribution in [2.45, 2.75) is 32.4 Å². The first-order valence-corrected chi connectivity index (χ1v) is 6.85. The quantitative estimate of drug-likeness (QED) is 0.867. The molecule has 4 heteroatoms. The van der Waals surface area contributed by atoms with Crippen molar-refractivity contribution < 1.29 is 5.11 Å². The minimum Gasteiger partial charge on any atom is -0.391 e. The molecule has 3 N–H and O–H groups in total. The fourth-order valence-electron chi connectivity index (χ4n) is 2.33. The number of benzene rings is 1. The Balaban J connectivity index is 2.19. The van der Waals surface area contributed by atoms with Crippen LogP contribution in [0, 0.1) is 5.92 Å². The Kier molecular flexibility index (Phi) is 4.15. The van der Waals surface area contributed by atoms with Gasteiger partial charge in [0.15, 0.2) is 0 Å². The molecule has 18 heavy (non-hydrogen) atoms. The maximum absolute atomic E-state index is 9.94. The van der Waals surface area contributed by atoms with E-state index in [9.17, 15) is 5.11 Å². The number of aliphatic hydroxyl groups excluding tert-OH is 1. The highest BCUT2D eigenvalue weighted by atomic mass is 35.5. The predicted octanol–water partition coefficient (Wildman–Crippen LogP) is 2.57. The zero-order valence-corrected chi connectivity index (χ0v) is 11.7. The van der Waals surface area contributed by atoms with Gasteiger partial charge in [0.05, 0.1) is 16.8 Å². The van der Waals surface area contributed by atoms with E-state index in [0.717, 1.165) is 24.2 Å². The van der Waals surface area contributed by atoms with Gasteiger partial charge in [-0.05, 0) is 37.0 Å². The summed E-state index contributed by atoms with van der Waals surface area (Å²) < 4.78 is 0. The molecular weight excluding hydrogens is 248 g/mol. The Hall–Kier alpha value is -0.770. The molecule has 0 bridgehead atoms. The van der Waals surface area contributed by atoms with Gasteiger partial charge >= 0.3 is 0 Å². The van der Waals surface area contributed by atoms with Crippen LogP contribution in [0.25, 0.3) is 0 Å². The van der Waals surface area contributed by atoms with Gasteiger partial charge in [0.1, 0.15) is 0 Å². The van der Waals surface area contributed by atoms with Crippen molar-refractivity contribution in [2.75, 3.05) is 18.0 Å². The van der Waals surface area contributed by atoms with Crippen LogP contribution < -0.4 is 10.6 Å². The van der Waals surface area contributed by atoms with Gasteiger partial charge in [0.25, 0.3) is 0 Å². The lowest BCUT2D eigenvalue weighted by molar-refractivity contribution is 0.103. The van der Waals surface area contributed by atoms with Crippen molar-refractivity contribution in [1.29, 1.82) is 0 Å². The molecular formula is C14H21ClN2O. The number of β-amino-alcohol motifs (C(OH)–C–C–N with tert-alkyl or cyclic N) is 1. The number of anilines is 1. The molecule has 0 spiro atoms. The minimum atomic E-state index is -0.275. The van der Waals surface area contributed by atoms with Crippen molar-refractivity contribution in [1.82, 2.24) is 0 Å². The second kappa shape index (κ2) is 5.47. The van der Waals surface area contributed by atoms with E-state index in [-0.39, 0.29) is 12.1 Å². The number of nitrogens with zero attached hydrogens (tertiary/aromatic N) is 1.